The van der Waals surface area contributed by atoms with Crippen molar-refractivity contribution in [3.05, 3.63) is 24.3 Å². The minimum Gasteiger partial charge on any atom is -0.482 e. The number of aliphatic hydroxyl groups is 1. The summed E-state index contributed by atoms with van der Waals surface area (Å²) in [4.78, 5) is 10.9. The van der Waals surface area contributed by atoms with Crippen LogP contribution in [0.25, 0.3) is 0 Å². The fourth-order valence-corrected chi connectivity index (χ4v) is 1.27. The number of hydrogen-bond donors (Lipinski definition) is 2. The molecule has 19 heavy (non-hydrogen) atoms. The topological polar surface area (TPSA) is 67.8 Å². The highest BCUT2D eigenvalue weighted by atomic mass is 16.6. The van der Waals surface area contributed by atoms with E-state index in [-0.39, 0.29) is 18.6 Å². The Morgan fingerprint density at radius 1 is 1.32 bits per heavy atom. The molecular weight excluding hydrogens is 246 g/mol. The molecule has 0 bridgehead atoms. The molecule has 1 aromatic carbocycles. The molecule has 0 amide bonds. The van der Waals surface area contributed by atoms with Crippen LogP contribution in [0.4, 0.5) is 5.69 Å². The molecule has 0 aliphatic heterocycles. The van der Waals surface area contributed by atoms with E-state index in [4.69, 9.17) is 9.84 Å². The lowest BCUT2D eigenvalue weighted by Crippen LogP contribution is -2.26. The lowest BCUT2D eigenvalue weighted by atomic mass is 9.95. The Kier molecular flexibility index (Phi) is 5.63. The minimum atomic E-state index is -0.410. The highest BCUT2D eigenvalue weighted by Crippen LogP contribution is 2.19. The molecular formula is C14H21NO4. The first kappa shape index (κ1) is 15.3. The van der Waals surface area contributed by atoms with Crippen LogP contribution < -0.4 is 10.1 Å². The van der Waals surface area contributed by atoms with Crippen LogP contribution in [0.5, 0.6) is 5.75 Å². The van der Waals surface area contributed by atoms with E-state index in [0.29, 0.717) is 12.3 Å². The molecule has 106 valence electrons. The summed E-state index contributed by atoms with van der Waals surface area (Å²) < 4.78 is 9.72. The van der Waals surface area contributed by atoms with E-state index in [2.05, 4.69) is 10.1 Å². The minimum absolute atomic E-state index is 0.0964. The van der Waals surface area contributed by atoms with Gasteiger partial charge in [0, 0.05) is 24.3 Å². The van der Waals surface area contributed by atoms with E-state index in [1.807, 2.05) is 26.0 Å². The molecule has 0 radical (unpaired) electrons. The molecule has 0 unspecified atom stereocenters. The van der Waals surface area contributed by atoms with E-state index in [0.717, 1.165) is 5.69 Å². The Balaban J connectivity index is 2.45. The summed E-state index contributed by atoms with van der Waals surface area (Å²) in [5.41, 5.74) is 0.770. The van der Waals surface area contributed by atoms with Crippen molar-refractivity contribution in [3.8, 4) is 5.75 Å². The van der Waals surface area contributed by atoms with E-state index in [1.165, 1.54) is 7.11 Å². The predicted octanol–water partition coefficient (Wildman–Crippen LogP) is 1.67. The fraction of sp³-hybridized carbons (Fsp3) is 0.500. The molecule has 1 aromatic rings. The Morgan fingerprint density at radius 2 is 1.95 bits per heavy atom. The van der Waals surface area contributed by atoms with Crippen molar-refractivity contribution in [1.82, 2.24) is 0 Å². The van der Waals surface area contributed by atoms with Gasteiger partial charge >= 0.3 is 5.97 Å². The number of methoxy groups -OCH3 is 1. The number of esters is 1. The Morgan fingerprint density at radius 3 is 2.47 bits per heavy atom. The van der Waals surface area contributed by atoms with Crippen molar-refractivity contribution < 1.29 is 19.4 Å². The fourth-order valence-electron chi connectivity index (χ4n) is 1.27. The summed E-state index contributed by atoms with van der Waals surface area (Å²) in [6.07, 6.45) is 0. The van der Waals surface area contributed by atoms with Gasteiger partial charge in [-0.05, 0) is 24.3 Å². The normalized spacial score (nSPS) is 10.9. The molecule has 0 saturated heterocycles. The zero-order chi connectivity index (χ0) is 14.3. The van der Waals surface area contributed by atoms with Crippen molar-refractivity contribution in [2.24, 2.45) is 5.41 Å². The molecule has 1 rings (SSSR count). The number of ether oxygens (including phenoxy) is 2. The second-order valence-corrected chi connectivity index (χ2v) is 5.07. The maximum atomic E-state index is 10.9. The van der Waals surface area contributed by atoms with Gasteiger partial charge in [-0.25, -0.2) is 4.79 Å². The summed E-state index contributed by atoms with van der Waals surface area (Å²) >= 11 is 0. The van der Waals surface area contributed by atoms with Crippen LogP contribution in [0.2, 0.25) is 0 Å². The maximum Gasteiger partial charge on any atom is 0.343 e. The average molecular weight is 267 g/mol. The second kappa shape index (κ2) is 6.99. The number of anilines is 1. The summed E-state index contributed by atoms with van der Waals surface area (Å²) in [6.45, 7) is 4.66. The number of nitrogens with one attached hydrogen (secondary N) is 1. The molecule has 0 aliphatic rings. The van der Waals surface area contributed by atoms with E-state index < -0.39 is 5.97 Å². The first-order chi connectivity index (χ1) is 8.96. The van der Waals surface area contributed by atoms with Gasteiger partial charge in [0.05, 0.1) is 7.11 Å². The van der Waals surface area contributed by atoms with Crippen molar-refractivity contribution >= 4 is 11.7 Å². The SMILES string of the molecule is COC(=O)COc1ccc(NCC(C)(C)CO)cc1. The number of benzene rings is 1. The van der Waals surface area contributed by atoms with Gasteiger partial charge in [0.25, 0.3) is 0 Å². The third kappa shape index (κ3) is 5.61. The van der Waals surface area contributed by atoms with Gasteiger partial charge in [-0.15, -0.1) is 0 Å². The molecule has 0 heterocycles. The Labute approximate surface area is 113 Å². The first-order valence-electron chi connectivity index (χ1n) is 6.11. The van der Waals surface area contributed by atoms with Crippen molar-refractivity contribution in [1.29, 1.82) is 0 Å². The van der Waals surface area contributed by atoms with Crippen LogP contribution in [0.15, 0.2) is 24.3 Å². The van der Waals surface area contributed by atoms with Crippen molar-refractivity contribution in [3.63, 3.8) is 0 Å². The van der Waals surface area contributed by atoms with Gasteiger partial charge in [0.2, 0.25) is 0 Å². The quantitative estimate of drug-likeness (QED) is 0.736. The van der Waals surface area contributed by atoms with Gasteiger partial charge in [-0.2, -0.15) is 0 Å². The third-order valence-electron chi connectivity index (χ3n) is 2.64. The largest absolute Gasteiger partial charge is 0.482 e. The standard InChI is InChI=1S/C14H21NO4/c1-14(2,10-16)9-15-11-4-6-12(7-5-11)19-8-13(17)18-3/h4-7,15-16H,8-10H2,1-3H3. The van der Waals surface area contributed by atoms with Crippen LogP contribution in [0.3, 0.4) is 0 Å². The zero-order valence-corrected chi connectivity index (χ0v) is 11.6. The maximum absolute atomic E-state index is 10.9. The molecule has 0 fully saturated rings. The summed E-state index contributed by atoms with van der Waals surface area (Å²) in [6, 6.07) is 7.27. The van der Waals surface area contributed by atoms with Crippen LogP contribution in [-0.4, -0.2) is 37.9 Å². The van der Waals surface area contributed by atoms with E-state index in [1.54, 1.807) is 12.1 Å². The number of rotatable bonds is 7. The van der Waals surface area contributed by atoms with Crippen molar-refractivity contribution in [2.75, 3.05) is 32.2 Å². The molecule has 0 aromatic heterocycles. The summed E-state index contributed by atoms with van der Waals surface area (Å²) in [7, 11) is 1.32. The highest BCUT2D eigenvalue weighted by molar-refractivity contribution is 5.70. The van der Waals surface area contributed by atoms with Crippen LogP contribution in [-0.2, 0) is 9.53 Å². The highest BCUT2D eigenvalue weighted by Gasteiger charge is 2.15. The number of aliphatic hydroxyl groups excluding tert-OH is 1. The van der Waals surface area contributed by atoms with Gasteiger partial charge in [0.1, 0.15) is 5.75 Å². The molecule has 0 saturated carbocycles. The van der Waals surface area contributed by atoms with Gasteiger partial charge < -0.3 is 19.9 Å². The van der Waals surface area contributed by atoms with Gasteiger partial charge in [-0.1, -0.05) is 13.8 Å². The molecule has 5 nitrogen and oxygen atoms in total. The Bertz CT molecular complexity index is 400. The summed E-state index contributed by atoms with van der Waals surface area (Å²) in [5.74, 6) is 0.198. The molecule has 5 heteroatoms. The lowest BCUT2D eigenvalue weighted by molar-refractivity contribution is -0.142. The van der Waals surface area contributed by atoms with E-state index >= 15 is 0 Å². The smallest absolute Gasteiger partial charge is 0.343 e. The Hall–Kier alpha value is -1.75. The molecule has 0 atom stereocenters. The predicted molar refractivity (Wildman–Crippen MR) is 73.3 cm³/mol. The molecule has 0 aliphatic carbocycles. The third-order valence-corrected chi connectivity index (χ3v) is 2.64. The zero-order valence-electron chi connectivity index (χ0n) is 11.6. The summed E-state index contributed by atoms with van der Waals surface area (Å²) in [5, 5.41) is 12.4. The van der Waals surface area contributed by atoms with Gasteiger partial charge in [0.15, 0.2) is 6.61 Å². The molecule has 2 N–H and O–H groups in total. The van der Waals surface area contributed by atoms with Crippen LogP contribution in [0.1, 0.15) is 13.8 Å². The van der Waals surface area contributed by atoms with Crippen LogP contribution in [0, 0.1) is 5.41 Å². The number of carbonyl (C=O) groups excluding carboxylic acids is 1. The monoisotopic (exact) mass is 267 g/mol. The number of carbonyl (C=O) groups is 1. The first-order valence-corrected chi connectivity index (χ1v) is 6.11. The average Bonchev–Trinajstić information content (AvgIpc) is 2.43. The van der Waals surface area contributed by atoms with Crippen molar-refractivity contribution in [2.45, 2.75) is 13.8 Å². The van der Waals surface area contributed by atoms with E-state index in [9.17, 15) is 4.79 Å². The van der Waals surface area contributed by atoms with Gasteiger partial charge in [-0.3, -0.25) is 0 Å². The lowest BCUT2D eigenvalue weighted by Gasteiger charge is -2.22. The second-order valence-electron chi connectivity index (χ2n) is 5.07. The van der Waals surface area contributed by atoms with Crippen LogP contribution >= 0.6 is 0 Å². The molecule has 0 spiro atoms. The number of hydrogen-bond acceptors (Lipinski definition) is 5.